The zero-order valence-corrected chi connectivity index (χ0v) is 13.9. The van der Waals surface area contributed by atoms with Crippen LogP contribution in [0.5, 0.6) is 0 Å². The molecule has 1 aliphatic heterocycles. The van der Waals surface area contributed by atoms with Crippen LogP contribution in [0.15, 0.2) is 54.9 Å². The number of benzene rings is 1. The molecule has 1 atom stereocenters. The minimum absolute atomic E-state index is 0.0759. The molecule has 1 aliphatic rings. The Labute approximate surface area is 141 Å². The van der Waals surface area contributed by atoms with Crippen LogP contribution in [0, 0.1) is 6.92 Å². The second-order valence-corrected chi connectivity index (χ2v) is 6.52. The molecule has 4 heteroatoms. The highest BCUT2D eigenvalue weighted by molar-refractivity contribution is 5.93. The van der Waals surface area contributed by atoms with Crippen molar-refractivity contribution in [3.63, 3.8) is 0 Å². The molecule has 1 amide bonds. The van der Waals surface area contributed by atoms with Crippen molar-refractivity contribution in [1.82, 2.24) is 14.3 Å². The zero-order valence-electron chi connectivity index (χ0n) is 13.9. The molecular weight excluding hydrogens is 298 g/mol. The predicted molar refractivity (Wildman–Crippen MR) is 94.2 cm³/mol. The lowest BCUT2D eigenvalue weighted by Crippen LogP contribution is -2.39. The summed E-state index contributed by atoms with van der Waals surface area (Å²) in [5, 5.41) is 0. The molecule has 4 nitrogen and oxygen atoms in total. The van der Waals surface area contributed by atoms with Crippen molar-refractivity contribution in [2.24, 2.45) is 0 Å². The third-order valence-electron chi connectivity index (χ3n) is 4.97. The highest BCUT2D eigenvalue weighted by Gasteiger charge is 2.27. The Hall–Kier alpha value is -2.62. The van der Waals surface area contributed by atoms with Gasteiger partial charge in [0.05, 0.1) is 6.20 Å². The lowest BCUT2D eigenvalue weighted by atomic mass is 9.88. The summed E-state index contributed by atoms with van der Waals surface area (Å²) in [6, 6.07) is 14.3. The van der Waals surface area contributed by atoms with E-state index in [1.54, 1.807) is 6.20 Å². The molecule has 0 N–H and O–H groups in total. The number of hydrogen-bond acceptors (Lipinski definition) is 2. The Balaban J connectivity index is 1.60. The first-order valence-electron chi connectivity index (χ1n) is 8.51. The number of aromatic nitrogens is 2. The average Bonchev–Trinajstić information content (AvgIpc) is 3.06. The SMILES string of the molecule is Cc1ccccc1[C@@H]1CCCN(C(=O)c2cnc3ccccn23)C1. The molecule has 4 rings (SSSR count). The lowest BCUT2D eigenvalue weighted by Gasteiger charge is -2.33. The molecule has 3 aromatic rings. The van der Waals surface area contributed by atoms with Gasteiger partial charge in [-0.25, -0.2) is 4.98 Å². The molecule has 1 saturated heterocycles. The Morgan fingerprint density at radius 1 is 1.17 bits per heavy atom. The van der Waals surface area contributed by atoms with E-state index in [4.69, 9.17) is 0 Å². The van der Waals surface area contributed by atoms with Crippen LogP contribution in [-0.4, -0.2) is 33.3 Å². The first-order chi connectivity index (χ1) is 11.7. The van der Waals surface area contributed by atoms with Crippen LogP contribution >= 0.6 is 0 Å². The molecule has 24 heavy (non-hydrogen) atoms. The largest absolute Gasteiger partial charge is 0.337 e. The minimum atomic E-state index is 0.0759. The fourth-order valence-corrected chi connectivity index (χ4v) is 3.71. The highest BCUT2D eigenvalue weighted by Crippen LogP contribution is 2.29. The maximum absolute atomic E-state index is 13.0. The van der Waals surface area contributed by atoms with E-state index in [0.717, 1.165) is 31.6 Å². The quantitative estimate of drug-likeness (QED) is 0.723. The molecule has 3 heterocycles. The summed E-state index contributed by atoms with van der Waals surface area (Å²) < 4.78 is 1.87. The summed E-state index contributed by atoms with van der Waals surface area (Å²) in [7, 11) is 0. The van der Waals surface area contributed by atoms with E-state index >= 15 is 0 Å². The summed E-state index contributed by atoms with van der Waals surface area (Å²) in [4.78, 5) is 19.3. The Bertz CT molecular complexity index is 883. The van der Waals surface area contributed by atoms with Gasteiger partial charge in [0.15, 0.2) is 0 Å². The first kappa shape index (κ1) is 14.9. The van der Waals surface area contributed by atoms with Crippen molar-refractivity contribution in [2.75, 3.05) is 13.1 Å². The van der Waals surface area contributed by atoms with Gasteiger partial charge in [-0.2, -0.15) is 0 Å². The van der Waals surface area contributed by atoms with Crippen LogP contribution in [0.25, 0.3) is 5.65 Å². The highest BCUT2D eigenvalue weighted by atomic mass is 16.2. The summed E-state index contributed by atoms with van der Waals surface area (Å²) in [6.45, 7) is 3.76. The van der Waals surface area contributed by atoms with Gasteiger partial charge in [-0.15, -0.1) is 0 Å². The second kappa shape index (κ2) is 6.11. The fourth-order valence-electron chi connectivity index (χ4n) is 3.71. The smallest absolute Gasteiger partial charge is 0.272 e. The number of rotatable bonds is 2. The fraction of sp³-hybridized carbons (Fsp3) is 0.300. The number of imidazole rings is 1. The van der Waals surface area contributed by atoms with Crippen LogP contribution < -0.4 is 0 Å². The van der Waals surface area contributed by atoms with Crippen LogP contribution in [0.2, 0.25) is 0 Å². The Morgan fingerprint density at radius 2 is 2.00 bits per heavy atom. The van der Waals surface area contributed by atoms with Gasteiger partial charge < -0.3 is 4.90 Å². The molecule has 0 spiro atoms. The number of hydrogen-bond donors (Lipinski definition) is 0. The third-order valence-corrected chi connectivity index (χ3v) is 4.97. The molecular formula is C20H21N3O. The normalized spacial score (nSPS) is 18.0. The summed E-state index contributed by atoms with van der Waals surface area (Å²) in [5.41, 5.74) is 4.14. The number of pyridine rings is 1. The summed E-state index contributed by atoms with van der Waals surface area (Å²) in [6.07, 6.45) is 5.77. The number of fused-ring (bicyclic) bond motifs is 1. The van der Waals surface area contributed by atoms with Gasteiger partial charge in [-0.1, -0.05) is 30.3 Å². The van der Waals surface area contributed by atoms with Crippen LogP contribution in [-0.2, 0) is 0 Å². The number of piperidine rings is 1. The number of nitrogens with zero attached hydrogens (tertiary/aromatic N) is 3. The van der Waals surface area contributed by atoms with E-state index in [9.17, 15) is 4.79 Å². The monoisotopic (exact) mass is 319 g/mol. The van der Waals surface area contributed by atoms with E-state index in [-0.39, 0.29) is 5.91 Å². The van der Waals surface area contributed by atoms with Gasteiger partial charge in [-0.3, -0.25) is 9.20 Å². The molecule has 0 unspecified atom stereocenters. The van der Waals surface area contributed by atoms with Gasteiger partial charge >= 0.3 is 0 Å². The van der Waals surface area contributed by atoms with Crippen molar-refractivity contribution in [1.29, 1.82) is 0 Å². The topological polar surface area (TPSA) is 37.6 Å². The van der Waals surface area contributed by atoms with Gasteiger partial charge in [0.25, 0.3) is 5.91 Å². The summed E-state index contributed by atoms with van der Waals surface area (Å²) in [5.74, 6) is 0.495. The predicted octanol–water partition coefficient (Wildman–Crippen LogP) is 3.66. The van der Waals surface area contributed by atoms with E-state index in [1.807, 2.05) is 33.7 Å². The van der Waals surface area contributed by atoms with E-state index in [0.29, 0.717) is 11.6 Å². The molecule has 0 aliphatic carbocycles. The number of carbonyl (C=O) groups is 1. The maximum Gasteiger partial charge on any atom is 0.272 e. The Kier molecular flexibility index (Phi) is 3.81. The van der Waals surface area contributed by atoms with Crippen LogP contribution in [0.3, 0.4) is 0 Å². The van der Waals surface area contributed by atoms with Gasteiger partial charge in [0, 0.05) is 25.2 Å². The summed E-state index contributed by atoms with van der Waals surface area (Å²) >= 11 is 0. The number of carbonyl (C=O) groups excluding carboxylic acids is 1. The van der Waals surface area contributed by atoms with Crippen molar-refractivity contribution < 1.29 is 4.79 Å². The number of amides is 1. The minimum Gasteiger partial charge on any atom is -0.337 e. The van der Waals surface area contributed by atoms with E-state index in [1.165, 1.54) is 11.1 Å². The standard InChI is InChI=1S/C20H21N3O/c1-15-7-2-3-9-17(15)16-8-6-11-22(14-16)20(24)18-13-21-19-10-4-5-12-23(18)19/h2-5,7,9-10,12-13,16H,6,8,11,14H2,1H3/t16-/m1/s1. The first-order valence-corrected chi connectivity index (χ1v) is 8.51. The third kappa shape index (κ3) is 2.58. The van der Waals surface area contributed by atoms with Gasteiger partial charge in [0.2, 0.25) is 0 Å². The Morgan fingerprint density at radius 3 is 2.88 bits per heavy atom. The van der Waals surface area contributed by atoms with Gasteiger partial charge in [-0.05, 0) is 43.0 Å². The molecule has 0 saturated carbocycles. The van der Waals surface area contributed by atoms with Crippen LogP contribution in [0.1, 0.15) is 40.4 Å². The van der Waals surface area contributed by atoms with E-state index < -0.39 is 0 Å². The molecule has 0 bridgehead atoms. The average molecular weight is 319 g/mol. The zero-order chi connectivity index (χ0) is 16.5. The van der Waals surface area contributed by atoms with E-state index in [2.05, 4.69) is 36.2 Å². The van der Waals surface area contributed by atoms with Gasteiger partial charge in [0.1, 0.15) is 11.3 Å². The molecule has 1 aromatic carbocycles. The number of likely N-dealkylation sites (tertiary alicyclic amines) is 1. The second-order valence-electron chi connectivity index (χ2n) is 6.52. The van der Waals surface area contributed by atoms with Crippen molar-refractivity contribution in [2.45, 2.75) is 25.7 Å². The number of aryl methyl sites for hydroxylation is 1. The van der Waals surface area contributed by atoms with Crippen LogP contribution in [0.4, 0.5) is 0 Å². The maximum atomic E-state index is 13.0. The molecule has 2 aromatic heterocycles. The van der Waals surface area contributed by atoms with Crippen molar-refractivity contribution >= 4 is 11.6 Å². The van der Waals surface area contributed by atoms with Crippen molar-refractivity contribution in [3.05, 3.63) is 71.7 Å². The molecule has 1 fully saturated rings. The molecule has 0 radical (unpaired) electrons. The van der Waals surface area contributed by atoms with Crippen molar-refractivity contribution in [3.8, 4) is 0 Å². The molecule has 122 valence electrons. The lowest BCUT2D eigenvalue weighted by molar-refractivity contribution is 0.0700.